The molecule has 0 unspecified atom stereocenters. The van der Waals surface area contributed by atoms with Crippen LogP contribution in [0.4, 0.5) is 18.9 Å². The predicted octanol–water partition coefficient (Wildman–Crippen LogP) is 3.41. The Morgan fingerprint density at radius 2 is 1.72 bits per heavy atom. The first-order valence-electron chi connectivity index (χ1n) is 9.30. The zero-order chi connectivity index (χ0) is 24.1. The third-order valence-electron chi connectivity index (χ3n) is 4.64. The van der Waals surface area contributed by atoms with E-state index in [1.54, 1.807) is 12.1 Å². The minimum Gasteiger partial charge on any atom is -0.480 e. The maximum Gasteiger partial charge on any atom is 0.426 e. The number of halogens is 4. The lowest BCUT2D eigenvalue weighted by atomic mass is 10.0. The normalized spacial score (nSPS) is 14.2. The molecule has 0 aliphatic rings. The van der Waals surface area contributed by atoms with Crippen LogP contribution >= 0.6 is 11.6 Å². The minimum atomic E-state index is -5.21. The topological polar surface area (TPSA) is 116 Å². The SMILES string of the molecule is C[C@@](O)(C(=O)Nc1ccc(C(=O)N[C@@H](CCc2ccccc2)C(=O)O)cc1Cl)C(F)(F)F. The van der Waals surface area contributed by atoms with Crippen LogP contribution in [0.25, 0.3) is 0 Å². The maximum atomic E-state index is 12.8. The number of aliphatic carboxylic acids is 1. The van der Waals surface area contributed by atoms with Crippen LogP contribution in [0.1, 0.15) is 29.3 Å². The van der Waals surface area contributed by atoms with E-state index in [-0.39, 0.29) is 22.7 Å². The lowest BCUT2D eigenvalue weighted by Crippen LogP contribution is -2.52. The van der Waals surface area contributed by atoms with Crippen molar-refractivity contribution < 1.29 is 37.8 Å². The molecule has 0 aliphatic heterocycles. The lowest BCUT2D eigenvalue weighted by molar-refractivity contribution is -0.242. The Hall–Kier alpha value is -3.11. The lowest BCUT2D eigenvalue weighted by Gasteiger charge is -2.25. The van der Waals surface area contributed by atoms with Crippen LogP contribution in [0.2, 0.25) is 5.02 Å². The third-order valence-corrected chi connectivity index (χ3v) is 4.95. The van der Waals surface area contributed by atoms with Crippen LogP contribution in [-0.4, -0.2) is 45.8 Å². The van der Waals surface area contributed by atoms with E-state index in [1.807, 2.05) is 23.5 Å². The minimum absolute atomic E-state index is 0.0680. The van der Waals surface area contributed by atoms with E-state index in [0.29, 0.717) is 13.3 Å². The van der Waals surface area contributed by atoms with E-state index in [4.69, 9.17) is 11.6 Å². The fraction of sp³-hybridized carbons (Fsp3) is 0.286. The first-order chi connectivity index (χ1) is 14.8. The molecule has 2 atom stereocenters. The standard InChI is InChI=1S/C21H20ClF3N2O5/c1-20(32,21(23,24)25)19(31)27-15-10-8-13(11-14(15)22)17(28)26-16(18(29)30)9-7-12-5-3-2-4-6-12/h2-6,8,10-11,16,32H,7,9H2,1H3,(H,26,28)(H,27,31)(H,29,30)/t16-,20+/m0/s1. The van der Waals surface area contributed by atoms with Crippen molar-refractivity contribution in [3.63, 3.8) is 0 Å². The summed E-state index contributed by atoms with van der Waals surface area (Å²) in [7, 11) is 0. The smallest absolute Gasteiger partial charge is 0.426 e. The zero-order valence-corrected chi connectivity index (χ0v) is 17.5. The van der Waals surface area contributed by atoms with E-state index >= 15 is 0 Å². The van der Waals surface area contributed by atoms with Crippen molar-refractivity contribution in [1.29, 1.82) is 0 Å². The largest absolute Gasteiger partial charge is 0.480 e. The summed E-state index contributed by atoms with van der Waals surface area (Å²) in [6.45, 7) is 0.291. The Balaban J connectivity index is 2.08. The summed E-state index contributed by atoms with van der Waals surface area (Å²) < 4.78 is 38.3. The number of hydrogen-bond donors (Lipinski definition) is 4. The second-order valence-electron chi connectivity index (χ2n) is 7.11. The predicted molar refractivity (Wildman–Crippen MR) is 110 cm³/mol. The van der Waals surface area contributed by atoms with Crippen LogP contribution in [0.3, 0.4) is 0 Å². The summed E-state index contributed by atoms with van der Waals surface area (Å²) in [5, 5.41) is 22.7. The number of carbonyl (C=O) groups is 3. The van der Waals surface area contributed by atoms with Crippen LogP contribution < -0.4 is 10.6 Å². The Kier molecular flexibility index (Phi) is 7.87. The fourth-order valence-electron chi connectivity index (χ4n) is 2.59. The highest BCUT2D eigenvalue weighted by Gasteiger charge is 2.55. The first kappa shape index (κ1) is 25.2. The summed E-state index contributed by atoms with van der Waals surface area (Å²) in [5.41, 5.74) is -3.09. The molecule has 2 rings (SSSR count). The van der Waals surface area contributed by atoms with Gasteiger partial charge in [0.1, 0.15) is 6.04 Å². The van der Waals surface area contributed by atoms with Crippen molar-refractivity contribution in [3.05, 3.63) is 64.7 Å². The highest BCUT2D eigenvalue weighted by Crippen LogP contribution is 2.32. The molecule has 0 fully saturated rings. The number of nitrogens with one attached hydrogen (secondary N) is 2. The number of hydrogen-bond acceptors (Lipinski definition) is 4. The number of alkyl halides is 3. The number of aryl methyl sites for hydroxylation is 1. The highest BCUT2D eigenvalue weighted by molar-refractivity contribution is 6.34. The van der Waals surface area contributed by atoms with Crippen molar-refractivity contribution in [3.8, 4) is 0 Å². The number of benzene rings is 2. The highest BCUT2D eigenvalue weighted by atomic mass is 35.5. The second kappa shape index (κ2) is 10.0. The molecule has 2 aromatic carbocycles. The molecule has 11 heteroatoms. The average Bonchev–Trinajstić information content (AvgIpc) is 2.71. The third kappa shape index (κ3) is 6.21. The Morgan fingerprint density at radius 3 is 2.25 bits per heavy atom. The molecular weight excluding hydrogens is 453 g/mol. The molecule has 4 N–H and O–H groups in total. The molecule has 0 saturated carbocycles. The van der Waals surface area contributed by atoms with Crippen molar-refractivity contribution in [2.75, 3.05) is 5.32 Å². The number of rotatable bonds is 8. The summed E-state index contributed by atoms with van der Waals surface area (Å²) in [5.74, 6) is -3.76. The van der Waals surface area contributed by atoms with Gasteiger partial charge in [-0.2, -0.15) is 13.2 Å². The monoisotopic (exact) mass is 472 g/mol. The van der Waals surface area contributed by atoms with E-state index in [9.17, 15) is 37.8 Å². The summed E-state index contributed by atoms with van der Waals surface area (Å²) in [6.07, 6.45) is -4.68. The summed E-state index contributed by atoms with van der Waals surface area (Å²) in [4.78, 5) is 35.7. The van der Waals surface area contributed by atoms with Crippen LogP contribution in [-0.2, 0) is 16.0 Å². The molecule has 0 radical (unpaired) electrons. The number of carboxylic acid groups (broad SMARTS) is 1. The molecule has 2 aromatic rings. The van der Waals surface area contributed by atoms with Gasteiger partial charge in [0.05, 0.1) is 10.7 Å². The average molecular weight is 473 g/mol. The van der Waals surface area contributed by atoms with Gasteiger partial charge in [-0.25, -0.2) is 4.79 Å². The quantitative estimate of drug-likeness (QED) is 0.470. The van der Waals surface area contributed by atoms with Crippen molar-refractivity contribution in [2.24, 2.45) is 0 Å². The Bertz CT molecular complexity index is 997. The van der Waals surface area contributed by atoms with E-state index in [1.165, 1.54) is 0 Å². The Morgan fingerprint density at radius 1 is 1.09 bits per heavy atom. The molecule has 7 nitrogen and oxygen atoms in total. The van der Waals surface area contributed by atoms with Gasteiger partial charge in [0.2, 0.25) is 5.60 Å². The molecule has 2 amide bonds. The molecule has 0 bridgehead atoms. The molecule has 0 heterocycles. The number of anilines is 1. The first-order valence-corrected chi connectivity index (χ1v) is 9.68. The molecule has 0 aromatic heterocycles. The molecule has 0 saturated heterocycles. The molecule has 0 spiro atoms. The van der Waals surface area contributed by atoms with Crippen molar-refractivity contribution in [2.45, 2.75) is 37.6 Å². The number of aliphatic hydroxyl groups is 1. The summed E-state index contributed by atoms with van der Waals surface area (Å²) in [6, 6.07) is 11.2. The fourth-order valence-corrected chi connectivity index (χ4v) is 2.81. The molecule has 32 heavy (non-hydrogen) atoms. The van der Waals surface area contributed by atoms with Gasteiger partial charge in [-0.3, -0.25) is 9.59 Å². The van der Waals surface area contributed by atoms with Gasteiger partial charge in [0.25, 0.3) is 11.8 Å². The number of carboxylic acids is 1. The van der Waals surface area contributed by atoms with Gasteiger partial charge < -0.3 is 20.8 Å². The van der Waals surface area contributed by atoms with Gasteiger partial charge in [-0.05, 0) is 43.5 Å². The van der Waals surface area contributed by atoms with E-state index in [0.717, 1.165) is 23.8 Å². The van der Waals surface area contributed by atoms with Crippen LogP contribution in [0.15, 0.2) is 48.5 Å². The second-order valence-corrected chi connectivity index (χ2v) is 7.51. The molecular formula is C21H20ClF3N2O5. The maximum absolute atomic E-state index is 12.8. The van der Waals surface area contributed by atoms with Gasteiger partial charge in [0, 0.05) is 5.56 Å². The van der Waals surface area contributed by atoms with Gasteiger partial charge >= 0.3 is 12.1 Å². The summed E-state index contributed by atoms with van der Waals surface area (Å²) >= 11 is 5.95. The molecule has 172 valence electrons. The van der Waals surface area contributed by atoms with Crippen molar-refractivity contribution in [1.82, 2.24) is 5.32 Å². The van der Waals surface area contributed by atoms with Crippen LogP contribution in [0.5, 0.6) is 0 Å². The Labute approximate surface area is 186 Å². The zero-order valence-electron chi connectivity index (χ0n) is 16.7. The van der Waals surface area contributed by atoms with E-state index in [2.05, 4.69) is 5.32 Å². The van der Waals surface area contributed by atoms with Gasteiger partial charge in [-0.1, -0.05) is 41.9 Å². The van der Waals surface area contributed by atoms with Gasteiger partial charge in [0.15, 0.2) is 0 Å². The number of amides is 2. The molecule has 0 aliphatic carbocycles. The van der Waals surface area contributed by atoms with Crippen LogP contribution in [0, 0.1) is 0 Å². The van der Waals surface area contributed by atoms with E-state index < -0.39 is 35.6 Å². The van der Waals surface area contributed by atoms with Crippen molar-refractivity contribution >= 4 is 35.1 Å². The number of carbonyl (C=O) groups excluding carboxylic acids is 2. The van der Waals surface area contributed by atoms with Gasteiger partial charge in [-0.15, -0.1) is 0 Å².